The van der Waals surface area contributed by atoms with Crippen LogP contribution in [0, 0.1) is 0 Å². The summed E-state index contributed by atoms with van der Waals surface area (Å²) < 4.78 is 0. The predicted molar refractivity (Wildman–Crippen MR) is 137 cm³/mol. The molecular formula is C28H20ClNOS. The Hall–Kier alpha value is -3.24. The molecule has 1 N–H and O–H groups in total. The van der Waals surface area contributed by atoms with E-state index in [-0.39, 0.29) is 6.61 Å². The molecule has 0 bridgehead atoms. The van der Waals surface area contributed by atoms with Gasteiger partial charge in [-0.15, -0.1) is 11.3 Å². The van der Waals surface area contributed by atoms with Gasteiger partial charge in [-0.1, -0.05) is 72.3 Å². The van der Waals surface area contributed by atoms with Crippen molar-refractivity contribution in [3.05, 3.63) is 112 Å². The normalized spacial score (nSPS) is 11.4. The molecule has 0 fully saturated rings. The van der Waals surface area contributed by atoms with Gasteiger partial charge < -0.3 is 5.11 Å². The van der Waals surface area contributed by atoms with Crippen LogP contribution < -0.4 is 0 Å². The lowest BCUT2D eigenvalue weighted by molar-refractivity contribution is 0.283. The van der Waals surface area contributed by atoms with Crippen molar-refractivity contribution in [2.75, 3.05) is 0 Å². The number of fused-ring (bicyclic) bond motifs is 1. The molecule has 2 nitrogen and oxygen atoms in total. The van der Waals surface area contributed by atoms with Crippen molar-refractivity contribution in [2.45, 2.75) is 6.61 Å². The van der Waals surface area contributed by atoms with Crippen LogP contribution in [0.25, 0.3) is 44.6 Å². The maximum atomic E-state index is 10.2. The fourth-order valence-corrected chi connectivity index (χ4v) is 5.08. The molecule has 0 aliphatic carbocycles. The molecule has 5 rings (SSSR count). The minimum Gasteiger partial charge on any atom is -0.392 e. The molecule has 0 spiro atoms. The van der Waals surface area contributed by atoms with E-state index in [0.717, 1.165) is 49.2 Å². The van der Waals surface area contributed by atoms with Crippen LogP contribution in [0.3, 0.4) is 0 Å². The number of hydrogen-bond acceptors (Lipinski definition) is 3. The standard InChI is InChI=1S/C28H20ClNOS/c29-23-11-8-20(9-12-23)26-18-32-28(25(26)17-31)22-10-13-27-24(16-22)21(14-15-30-27)7-6-19-4-2-1-3-5-19/h1-16,18,31H,17H2. The van der Waals surface area contributed by atoms with E-state index in [1.807, 2.05) is 60.8 Å². The Morgan fingerprint density at radius 1 is 0.875 bits per heavy atom. The van der Waals surface area contributed by atoms with Crippen molar-refractivity contribution in [1.82, 2.24) is 4.98 Å². The second kappa shape index (κ2) is 9.09. The highest BCUT2D eigenvalue weighted by atomic mass is 35.5. The van der Waals surface area contributed by atoms with Crippen LogP contribution >= 0.6 is 22.9 Å². The Kier molecular flexibility index (Phi) is 5.87. The zero-order chi connectivity index (χ0) is 21.9. The summed E-state index contributed by atoms with van der Waals surface area (Å²) in [6.07, 6.45) is 6.09. The lowest BCUT2D eigenvalue weighted by Gasteiger charge is -2.08. The van der Waals surface area contributed by atoms with Crippen molar-refractivity contribution in [3.8, 4) is 21.6 Å². The van der Waals surface area contributed by atoms with E-state index in [1.54, 1.807) is 11.3 Å². The lowest BCUT2D eigenvalue weighted by Crippen LogP contribution is -1.89. The molecule has 0 aliphatic rings. The molecule has 4 heteroatoms. The Labute approximate surface area is 196 Å². The average molecular weight is 454 g/mol. The van der Waals surface area contributed by atoms with Gasteiger partial charge in [0.15, 0.2) is 0 Å². The van der Waals surface area contributed by atoms with Crippen molar-refractivity contribution < 1.29 is 5.11 Å². The number of pyridine rings is 1. The molecule has 0 saturated carbocycles. The summed E-state index contributed by atoms with van der Waals surface area (Å²) >= 11 is 7.70. The molecular weight excluding hydrogens is 434 g/mol. The third kappa shape index (κ3) is 4.11. The molecule has 0 unspecified atom stereocenters. The van der Waals surface area contributed by atoms with Gasteiger partial charge >= 0.3 is 0 Å². The van der Waals surface area contributed by atoms with E-state index in [1.165, 1.54) is 0 Å². The Morgan fingerprint density at radius 2 is 1.66 bits per heavy atom. The van der Waals surface area contributed by atoms with Crippen LogP contribution in [-0.4, -0.2) is 10.1 Å². The van der Waals surface area contributed by atoms with E-state index in [9.17, 15) is 5.11 Å². The van der Waals surface area contributed by atoms with Gasteiger partial charge in [-0.05, 0) is 63.5 Å². The average Bonchev–Trinajstić information content (AvgIpc) is 3.27. The van der Waals surface area contributed by atoms with E-state index >= 15 is 0 Å². The van der Waals surface area contributed by atoms with E-state index < -0.39 is 0 Å². The number of benzene rings is 3. The third-order valence-electron chi connectivity index (χ3n) is 5.50. The number of nitrogens with zero attached hydrogens (tertiary/aromatic N) is 1. The van der Waals surface area contributed by atoms with Crippen LogP contribution in [0.2, 0.25) is 5.02 Å². The van der Waals surface area contributed by atoms with E-state index in [0.29, 0.717) is 5.02 Å². The first-order chi connectivity index (χ1) is 15.7. The smallest absolute Gasteiger partial charge is 0.0708 e. The summed E-state index contributed by atoms with van der Waals surface area (Å²) in [5, 5.41) is 14.1. The highest BCUT2D eigenvalue weighted by molar-refractivity contribution is 7.14. The fraction of sp³-hybridized carbons (Fsp3) is 0.0357. The van der Waals surface area contributed by atoms with E-state index in [2.05, 4.69) is 46.8 Å². The molecule has 0 atom stereocenters. The van der Waals surface area contributed by atoms with Crippen LogP contribution in [0.1, 0.15) is 16.7 Å². The van der Waals surface area contributed by atoms with Crippen molar-refractivity contribution in [3.63, 3.8) is 0 Å². The molecule has 156 valence electrons. The van der Waals surface area contributed by atoms with Gasteiger partial charge in [0.2, 0.25) is 0 Å². The van der Waals surface area contributed by atoms with Gasteiger partial charge in [-0.25, -0.2) is 0 Å². The summed E-state index contributed by atoms with van der Waals surface area (Å²) in [6.45, 7) is -0.0252. The van der Waals surface area contributed by atoms with Crippen molar-refractivity contribution >= 4 is 46.0 Å². The van der Waals surface area contributed by atoms with Crippen LogP contribution in [0.4, 0.5) is 0 Å². The van der Waals surface area contributed by atoms with Crippen LogP contribution in [0.5, 0.6) is 0 Å². The Morgan fingerprint density at radius 3 is 2.44 bits per heavy atom. The Balaban J connectivity index is 1.58. The van der Waals surface area contributed by atoms with Gasteiger partial charge in [0.1, 0.15) is 0 Å². The molecule has 5 aromatic rings. The summed E-state index contributed by atoms with van der Waals surface area (Å²) in [5.74, 6) is 0. The zero-order valence-electron chi connectivity index (χ0n) is 17.2. The first-order valence-corrected chi connectivity index (χ1v) is 11.6. The molecule has 0 amide bonds. The van der Waals surface area contributed by atoms with Crippen LogP contribution in [-0.2, 0) is 6.61 Å². The number of aromatic nitrogens is 1. The molecule has 0 aliphatic heterocycles. The first-order valence-electron chi connectivity index (χ1n) is 10.3. The number of rotatable bonds is 5. The largest absolute Gasteiger partial charge is 0.392 e. The minimum absolute atomic E-state index is 0.0252. The second-order valence-corrected chi connectivity index (χ2v) is 8.81. The first kappa shape index (κ1) is 20.7. The number of halogens is 1. The van der Waals surface area contributed by atoms with Gasteiger partial charge in [0.25, 0.3) is 0 Å². The molecule has 0 saturated heterocycles. The molecule has 32 heavy (non-hydrogen) atoms. The lowest BCUT2D eigenvalue weighted by atomic mass is 9.99. The van der Waals surface area contributed by atoms with E-state index in [4.69, 9.17) is 11.6 Å². The van der Waals surface area contributed by atoms with Gasteiger partial charge in [-0.2, -0.15) is 0 Å². The number of aliphatic hydroxyl groups excluding tert-OH is 1. The zero-order valence-corrected chi connectivity index (χ0v) is 18.8. The summed E-state index contributed by atoms with van der Waals surface area (Å²) in [5.41, 5.74) is 7.32. The SMILES string of the molecule is OCc1c(-c2ccc(Cl)cc2)csc1-c1ccc2nccc(C=Cc3ccccc3)c2c1. The predicted octanol–water partition coefficient (Wildman–Crippen LogP) is 7.95. The van der Waals surface area contributed by atoms with Gasteiger partial charge in [-0.3, -0.25) is 4.98 Å². The molecule has 0 radical (unpaired) electrons. The van der Waals surface area contributed by atoms with Gasteiger partial charge in [0.05, 0.1) is 12.1 Å². The maximum Gasteiger partial charge on any atom is 0.0708 e. The monoisotopic (exact) mass is 453 g/mol. The third-order valence-corrected chi connectivity index (χ3v) is 6.82. The Bertz CT molecular complexity index is 1410. The quantitative estimate of drug-likeness (QED) is 0.293. The van der Waals surface area contributed by atoms with Crippen molar-refractivity contribution in [1.29, 1.82) is 0 Å². The molecule has 2 aromatic heterocycles. The minimum atomic E-state index is -0.0252. The number of aliphatic hydroxyl groups is 1. The molecule has 3 aromatic carbocycles. The van der Waals surface area contributed by atoms with Crippen LogP contribution in [0.15, 0.2) is 90.4 Å². The number of thiophene rings is 1. The number of hydrogen-bond donors (Lipinski definition) is 1. The maximum absolute atomic E-state index is 10.2. The van der Waals surface area contributed by atoms with Crippen molar-refractivity contribution in [2.24, 2.45) is 0 Å². The topological polar surface area (TPSA) is 33.1 Å². The summed E-state index contributed by atoms with van der Waals surface area (Å²) in [7, 11) is 0. The summed E-state index contributed by atoms with van der Waals surface area (Å²) in [6, 6.07) is 26.3. The van der Waals surface area contributed by atoms with Gasteiger partial charge in [0, 0.05) is 27.0 Å². The second-order valence-electron chi connectivity index (χ2n) is 7.50. The summed E-state index contributed by atoms with van der Waals surface area (Å²) in [4.78, 5) is 5.61. The molecule has 2 heterocycles. The highest BCUT2D eigenvalue weighted by Crippen LogP contribution is 2.39. The highest BCUT2D eigenvalue weighted by Gasteiger charge is 2.15. The fourth-order valence-electron chi connectivity index (χ4n) is 3.86.